The van der Waals surface area contributed by atoms with E-state index in [4.69, 9.17) is 0 Å². The van der Waals surface area contributed by atoms with Gasteiger partial charge in [0, 0.05) is 26.2 Å². The molecular weight excluding hydrogens is 328 g/mol. The Balaban J connectivity index is 0. The molecule has 0 aromatic carbocycles. The molecule has 0 nitrogen and oxygen atoms in total. The molecule has 42 valence electrons. The fraction of sp³-hybridized carbons (Fsp3) is 0. The standard InChI is InChI=1S/Ba.4FH.Na.Zr.3H/h;4*1H;;;;;. The largest absolute Gasteiger partial charge is 0 e. The molecule has 0 aliphatic heterocycles. The van der Waals surface area contributed by atoms with E-state index in [1.54, 1.807) is 0 Å². The molecule has 0 rings (SSSR count). The van der Waals surface area contributed by atoms with Crippen molar-refractivity contribution in [2.75, 3.05) is 0 Å². The second kappa shape index (κ2) is 60.8. The van der Waals surface area contributed by atoms with Gasteiger partial charge in [0.25, 0.3) is 0 Å². The summed E-state index contributed by atoms with van der Waals surface area (Å²) in [6.45, 7) is 0. The van der Waals surface area contributed by atoms with Gasteiger partial charge in [0.05, 0.1) is 0 Å². The Morgan fingerprint density at radius 2 is 0.571 bits per heavy atom. The SMILES string of the molecule is F.F.F.F.[BaH2].[NaH].[Zr]. The van der Waals surface area contributed by atoms with Crippen molar-refractivity contribution >= 4 is 78.4 Å². The fourth-order valence-electron chi connectivity index (χ4n) is 0. The van der Waals surface area contributed by atoms with Crippen LogP contribution in [0, 0.1) is 0 Å². The molecule has 0 unspecified atom stereocenters. The van der Waals surface area contributed by atoms with Crippen LogP contribution < -0.4 is 0 Å². The van der Waals surface area contributed by atoms with E-state index in [9.17, 15) is 0 Å². The zero-order chi connectivity index (χ0) is 0. The summed E-state index contributed by atoms with van der Waals surface area (Å²) in [5.74, 6) is 0. The minimum absolute atomic E-state index is 0. The zero-order valence-corrected chi connectivity index (χ0v) is 4.59. The molecule has 0 heterocycles. The van der Waals surface area contributed by atoms with Crippen molar-refractivity contribution in [2.24, 2.45) is 0 Å². The van der Waals surface area contributed by atoms with Crippen LogP contribution in [-0.4, -0.2) is 78.4 Å². The van der Waals surface area contributed by atoms with Crippen molar-refractivity contribution in [1.82, 2.24) is 0 Å². The maximum Gasteiger partial charge on any atom is 0 e. The molecule has 0 fully saturated rings. The summed E-state index contributed by atoms with van der Waals surface area (Å²) in [6.07, 6.45) is 0. The first-order chi connectivity index (χ1) is 0. The second-order valence-electron chi connectivity index (χ2n) is 0. The smallest absolute Gasteiger partial charge is 0 e. The van der Waals surface area contributed by atoms with Gasteiger partial charge >= 0.3 is 78.4 Å². The molecule has 7 heavy (non-hydrogen) atoms. The quantitative estimate of drug-likeness (QED) is 0.396. The van der Waals surface area contributed by atoms with Crippen molar-refractivity contribution in [1.29, 1.82) is 0 Å². The molecule has 0 saturated carbocycles. The van der Waals surface area contributed by atoms with Crippen molar-refractivity contribution in [2.45, 2.75) is 0 Å². The number of rotatable bonds is 0. The monoisotopic (exact) mass is 334 g/mol. The summed E-state index contributed by atoms with van der Waals surface area (Å²) in [7, 11) is 0. The van der Waals surface area contributed by atoms with E-state index in [2.05, 4.69) is 0 Å². The van der Waals surface area contributed by atoms with Crippen molar-refractivity contribution in [3.8, 4) is 0 Å². The van der Waals surface area contributed by atoms with Gasteiger partial charge in [-0.25, -0.2) is 0 Å². The number of hydrogen-bond donors (Lipinski definition) is 0. The van der Waals surface area contributed by atoms with Gasteiger partial charge in [-0.1, -0.05) is 0 Å². The molecule has 0 spiro atoms. The molecule has 0 aromatic rings. The van der Waals surface area contributed by atoms with E-state index in [-0.39, 0.29) is 123 Å². The third kappa shape index (κ3) is 46.9. The minimum Gasteiger partial charge on any atom is 0 e. The maximum absolute atomic E-state index is 0. The molecule has 0 bridgehead atoms. The van der Waals surface area contributed by atoms with Gasteiger partial charge in [0.15, 0.2) is 0 Å². The first-order valence-corrected chi connectivity index (χ1v) is 0. The zero-order valence-electron chi connectivity index (χ0n) is 2.13. The van der Waals surface area contributed by atoms with E-state index in [0.29, 0.717) is 0 Å². The molecule has 7 heteroatoms. The van der Waals surface area contributed by atoms with Gasteiger partial charge in [0.2, 0.25) is 0 Å². The molecule has 0 N–H and O–H groups in total. The summed E-state index contributed by atoms with van der Waals surface area (Å²) < 4.78 is 0. The van der Waals surface area contributed by atoms with E-state index >= 15 is 0 Å². The predicted octanol–water partition coefficient (Wildman–Crippen LogP) is -0.957. The predicted molar refractivity (Wildman–Crippen MR) is 25.7 cm³/mol. The molecule has 0 aliphatic rings. The summed E-state index contributed by atoms with van der Waals surface area (Å²) in [6, 6.07) is 0. The Hall–Kier alpha value is 3.17. The Morgan fingerprint density at radius 1 is 0.571 bits per heavy atom. The Kier molecular flexibility index (Phi) is 739. The third-order valence-electron chi connectivity index (χ3n) is 0. The fourth-order valence-corrected chi connectivity index (χ4v) is 0. The van der Waals surface area contributed by atoms with Gasteiger partial charge in [-0.2, -0.15) is 0 Å². The molecule has 0 atom stereocenters. The molecule has 0 aliphatic carbocycles. The maximum atomic E-state index is 0. The first kappa shape index (κ1) is 85.0. The van der Waals surface area contributed by atoms with E-state index in [0.717, 1.165) is 0 Å². The van der Waals surface area contributed by atoms with Crippen LogP contribution in [0.3, 0.4) is 0 Å². The van der Waals surface area contributed by atoms with Gasteiger partial charge in [-0.3, -0.25) is 18.8 Å². The van der Waals surface area contributed by atoms with Crippen LogP contribution in [0.5, 0.6) is 0 Å². The molecular formula is H7BaF4NaZr. The van der Waals surface area contributed by atoms with Crippen LogP contribution in [0.15, 0.2) is 0 Å². The van der Waals surface area contributed by atoms with Gasteiger partial charge < -0.3 is 0 Å². The van der Waals surface area contributed by atoms with Crippen molar-refractivity contribution < 1.29 is 45.0 Å². The van der Waals surface area contributed by atoms with Crippen LogP contribution in [0.2, 0.25) is 0 Å². The second-order valence-corrected chi connectivity index (χ2v) is 0. The van der Waals surface area contributed by atoms with Crippen molar-refractivity contribution in [3.05, 3.63) is 0 Å². The first-order valence-electron chi connectivity index (χ1n) is 0. The number of hydrogen-bond acceptors (Lipinski definition) is 0. The number of halogens is 4. The topological polar surface area (TPSA) is 0 Å². The minimum atomic E-state index is 0. The van der Waals surface area contributed by atoms with Crippen LogP contribution in [-0.2, 0) is 26.2 Å². The Morgan fingerprint density at radius 3 is 0.571 bits per heavy atom. The third-order valence-corrected chi connectivity index (χ3v) is 0. The van der Waals surface area contributed by atoms with Crippen LogP contribution in [0.25, 0.3) is 0 Å². The summed E-state index contributed by atoms with van der Waals surface area (Å²) in [5, 5.41) is 0. The van der Waals surface area contributed by atoms with Crippen LogP contribution >= 0.6 is 0 Å². The molecule has 0 amide bonds. The van der Waals surface area contributed by atoms with Gasteiger partial charge in [0.1, 0.15) is 0 Å². The molecule has 0 saturated heterocycles. The van der Waals surface area contributed by atoms with Crippen molar-refractivity contribution in [3.63, 3.8) is 0 Å². The normalized spacial score (nSPS) is 0. The Labute approximate surface area is 121 Å². The van der Waals surface area contributed by atoms with E-state index in [1.807, 2.05) is 0 Å². The van der Waals surface area contributed by atoms with E-state index < -0.39 is 0 Å². The molecule has 0 aromatic heterocycles. The average Bonchev–Trinajstić information content (AvgIpc) is 0. The van der Waals surface area contributed by atoms with E-state index in [1.165, 1.54) is 0 Å². The summed E-state index contributed by atoms with van der Waals surface area (Å²) in [4.78, 5) is 0. The molecule has 0 radical (unpaired) electrons. The average molecular weight is 335 g/mol. The Bertz CT molecular complexity index is 11.7. The summed E-state index contributed by atoms with van der Waals surface area (Å²) in [5.41, 5.74) is 0. The van der Waals surface area contributed by atoms with Gasteiger partial charge in [-0.15, -0.1) is 0 Å². The summed E-state index contributed by atoms with van der Waals surface area (Å²) >= 11 is 0. The van der Waals surface area contributed by atoms with Gasteiger partial charge in [-0.05, 0) is 0 Å². The van der Waals surface area contributed by atoms with Crippen LogP contribution in [0.1, 0.15) is 0 Å². The van der Waals surface area contributed by atoms with Crippen LogP contribution in [0.4, 0.5) is 18.8 Å².